The van der Waals surface area contributed by atoms with Gasteiger partial charge in [-0.05, 0) is 26.0 Å². The van der Waals surface area contributed by atoms with Gasteiger partial charge in [0.1, 0.15) is 11.9 Å². The Morgan fingerprint density at radius 3 is 2.61 bits per heavy atom. The van der Waals surface area contributed by atoms with E-state index in [0.29, 0.717) is 30.2 Å². The van der Waals surface area contributed by atoms with Crippen molar-refractivity contribution in [2.75, 3.05) is 20.1 Å². The smallest absolute Gasteiger partial charge is 0.255 e. The first-order valence-corrected chi connectivity index (χ1v) is 9.20. The average molecular weight is 375 g/mol. The van der Waals surface area contributed by atoms with Gasteiger partial charge in [-0.15, -0.1) is 0 Å². The number of hydrogen-bond donors (Lipinski definition) is 0. The van der Waals surface area contributed by atoms with E-state index >= 15 is 0 Å². The number of amides is 2. The number of rotatable bonds is 2. The van der Waals surface area contributed by atoms with E-state index in [9.17, 15) is 9.59 Å². The molecule has 1 atom stereocenters. The minimum atomic E-state index is -0.496. The minimum Gasteiger partial charge on any atom is -0.342 e. The summed E-state index contributed by atoms with van der Waals surface area (Å²) in [6.45, 7) is 4.62. The maximum Gasteiger partial charge on any atom is 0.255 e. The summed E-state index contributed by atoms with van der Waals surface area (Å²) in [5, 5.41) is 0.767. The minimum absolute atomic E-state index is 0.0508. The highest BCUT2D eigenvalue weighted by Gasteiger charge is 2.33. The molecule has 0 saturated carbocycles. The first-order chi connectivity index (χ1) is 13.5. The normalized spacial score (nSPS) is 17.2. The standard InChI is InChI=1S/C21H21N5O2/c1-13-20(27)25(3)8-9-26(13)21(28)17-10-19(15-11-22-14(2)23-12-15)24-18-7-5-4-6-16(17)18/h4-7,10-13H,8-9H2,1-3H3. The number of aryl methyl sites for hydroxylation is 1. The van der Waals surface area contributed by atoms with Gasteiger partial charge in [-0.2, -0.15) is 0 Å². The maximum atomic E-state index is 13.4. The van der Waals surface area contributed by atoms with Gasteiger partial charge >= 0.3 is 0 Å². The van der Waals surface area contributed by atoms with E-state index in [2.05, 4.69) is 15.0 Å². The number of aromatic nitrogens is 3. The van der Waals surface area contributed by atoms with Crippen molar-refractivity contribution in [3.63, 3.8) is 0 Å². The molecule has 2 aromatic heterocycles. The molecule has 0 aliphatic carbocycles. The Labute approximate surface area is 163 Å². The second-order valence-electron chi connectivity index (χ2n) is 7.03. The largest absolute Gasteiger partial charge is 0.342 e. The van der Waals surface area contributed by atoms with Gasteiger partial charge in [0.05, 0.1) is 16.8 Å². The fraction of sp³-hybridized carbons (Fsp3) is 0.286. The molecule has 28 heavy (non-hydrogen) atoms. The Morgan fingerprint density at radius 1 is 1.14 bits per heavy atom. The third kappa shape index (κ3) is 3.09. The number of nitrogens with zero attached hydrogens (tertiary/aromatic N) is 5. The SMILES string of the molecule is Cc1ncc(-c2cc(C(=O)N3CCN(C)C(=O)C3C)c3ccccc3n2)cn1. The second kappa shape index (κ2) is 6.99. The van der Waals surface area contributed by atoms with Crippen LogP contribution in [0.1, 0.15) is 23.1 Å². The van der Waals surface area contributed by atoms with Crippen LogP contribution in [0.2, 0.25) is 0 Å². The molecule has 4 rings (SSSR count). The van der Waals surface area contributed by atoms with Gasteiger partial charge < -0.3 is 9.80 Å². The highest BCUT2D eigenvalue weighted by atomic mass is 16.2. The number of carbonyl (C=O) groups excluding carboxylic acids is 2. The lowest BCUT2D eigenvalue weighted by Gasteiger charge is -2.37. The zero-order valence-corrected chi connectivity index (χ0v) is 16.1. The van der Waals surface area contributed by atoms with E-state index in [4.69, 9.17) is 0 Å². The average Bonchev–Trinajstić information content (AvgIpc) is 2.71. The summed E-state index contributed by atoms with van der Waals surface area (Å²) >= 11 is 0. The summed E-state index contributed by atoms with van der Waals surface area (Å²) < 4.78 is 0. The van der Waals surface area contributed by atoms with Gasteiger partial charge in [0.2, 0.25) is 5.91 Å². The van der Waals surface area contributed by atoms with Crippen LogP contribution in [-0.4, -0.2) is 62.7 Å². The van der Waals surface area contributed by atoms with E-state index < -0.39 is 6.04 Å². The van der Waals surface area contributed by atoms with E-state index in [-0.39, 0.29) is 11.8 Å². The molecule has 1 saturated heterocycles. The van der Waals surface area contributed by atoms with Crippen molar-refractivity contribution in [2.45, 2.75) is 19.9 Å². The quantitative estimate of drug-likeness (QED) is 0.687. The summed E-state index contributed by atoms with van der Waals surface area (Å²) in [6.07, 6.45) is 3.41. The summed E-state index contributed by atoms with van der Waals surface area (Å²) in [5.74, 6) is 0.456. The monoisotopic (exact) mass is 375 g/mol. The summed E-state index contributed by atoms with van der Waals surface area (Å²) in [4.78, 5) is 42.2. The Bertz CT molecular complexity index is 1060. The zero-order chi connectivity index (χ0) is 19.8. The Hall–Kier alpha value is -3.35. The van der Waals surface area contributed by atoms with Gasteiger partial charge in [0.25, 0.3) is 5.91 Å². The van der Waals surface area contributed by atoms with Crippen LogP contribution in [0, 0.1) is 6.92 Å². The van der Waals surface area contributed by atoms with E-state index in [0.717, 1.165) is 16.5 Å². The summed E-state index contributed by atoms with van der Waals surface area (Å²) in [5.41, 5.74) is 2.63. The number of para-hydroxylation sites is 1. The lowest BCUT2D eigenvalue weighted by molar-refractivity contribution is -0.137. The number of pyridine rings is 1. The third-order valence-corrected chi connectivity index (χ3v) is 5.16. The van der Waals surface area contributed by atoms with Crippen LogP contribution in [-0.2, 0) is 4.79 Å². The molecule has 1 aliphatic rings. The molecule has 1 aromatic carbocycles. The molecule has 1 aliphatic heterocycles. The number of carbonyl (C=O) groups is 2. The van der Waals surface area contributed by atoms with Crippen LogP contribution in [0.3, 0.4) is 0 Å². The fourth-order valence-corrected chi connectivity index (χ4v) is 3.47. The van der Waals surface area contributed by atoms with Crippen LogP contribution in [0.5, 0.6) is 0 Å². The molecule has 3 aromatic rings. The molecule has 7 nitrogen and oxygen atoms in total. The maximum absolute atomic E-state index is 13.4. The highest BCUT2D eigenvalue weighted by Crippen LogP contribution is 2.26. The van der Waals surface area contributed by atoms with Crippen molar-refractivity contribution in [2.24, 2.45) is 0 Å². The Morgan fingerprint density at radius 2 is 1.86 bits per heavy atom. The number of piperazine rings is 1. The van der Waals surface area contributed by atoms with Crippen LogP contribution in [0.25, 0.3) is 22.2 Å². The number of hydrogen-bond acceptors (Lipinski definition) is 5. The molecule has 0 bridgehead atoms. The molecular weight excluding hydrogens is 354 g/mol. The lowest BCUT2D eigenvalue weighted by Crippen LogP contribution is -2.56. The molecule has 7 heteroatoms. The topological polar surface area (TPSA) is 79.3 Å². The number of benzene rings is 1. The van der Waals surface area contributed by atoms with Crippen molar-refractivity contribution in [3.8, 4) is 11.3 Å². The van der Waals surface area contributed by atoms with E-state index in [1.54, 1.807) is 42.2 Å². The van der Waals surface area contributed by atoms with Crippen LogP contribution < -0.4 is 0 Å². The van der Waals surface area contributed by atoms with Gasteiger partial charge in [-0.1, -0.05) is 18.2 Å². The number of likely N-dealkylation sites (N-methyl/N-ethyl adjacent to an activating group) is 1. The predicted octanol–water partition coefficient (Wildman–Crippen LogP) is 2.30. The van der Waals surface area contributed by atoms with Gasteiger partial charge in [-0.25, -0.2) is 15.0 Å². The Kier molecular flexibility index (Phi) is 4.50. The molecule has 0 radical (unpaired) electrons. The van der Waals surface area contributed by atoms with Gasteiger partial charge in [0.15, 0.2) is 0 Å². The third-order valence-electron chi connectivity index (χ3n) is 5.16. The second-order valence-corrected chi connectivity index (χ2v) is 7.03. The van der Waals surface area contributed by atoms with Crippen LogP contribution >= 0.6 is 0 Å². The molecule has 142 valence electrons. The van der Waals surface area contributed by atoms with Crippen LogP contribution in [0.15, 0.2) is 42.7 Å². The predicted molar refractivity (Wildman–Crippen MR) is 106 cm³/mol. The molecule has 2 amide bonds. The molecule has 0 N–H and O–H groups in total. The molecule has 1 unspecified atom stereocenters. The summed E-state index contributed by atoms with van der Waals surface area (Å²) in [7, 11) is 1.76. The first kappa shape index (κ1) is 18.0. The number of fused-ring (bicyclic) bond motifs is 1. The van der Waals surface area contributed by atoms with E-state index in [1.807, 2.05) is 31.2 Å². The lowest BCUT2D eigenvalue weighted by atomic mass is 10.0. The zero-order valence-electron chi connectivity index (χ0n) is 16.1. The highest BCUT2D eigenvalue weighted by molar-refractivity contribution is 6.08. The fourth-order valence-electron chi connectivity index (χ4n) is 3.47. The summed E-state index contributed by atoms with van der Waals surface area (Å²) in [6, 6.07) is 8.81. The molecule has 0 spiro atoms. The van der Waals surface area contributed by atoms with Crippen molar-refractivity contribution in [1.82, 2.24) is 24.8 Å². The molecule has 3 heterocycles. The van der Waals surface area contributed by atoms with Gasteiger partial charge in [0, 0.05) is 43.5 Å². The van der Waals surface area contributed by atoms with Crippen molar-refractivity contribution >= 4 is 22.7 Å². The van der Waals surface area contributed by atoms with E-state index in [1.165, 1.54) is 0 Å². The Balaban J connectivity index is 1.82. The van der Waals surface area contributed by atoms with Crippen molar-refractivity contribution in [1.29, 1.82) is 0 Å². The van der Waals surface area contributed by atoms with Gasteiger partial charge in [-0.3, -0.25) is 9.59 Å². The van der Waals surface area contributed by atoms with Crippen LogP contribution in [0.4, 0.5) is 0 Å². The van der Waals surface area contributed by atoms with Crippen molar-refractivity contribution < 1.29 is 9.59 Å². The first-order valence-electron chi connectivity index (χ1n) is 9.20. The van der Waals surface area contributed by atoms with Crippen molar-refractivity contribution in [3.05, 3.63) is 54.1 Å². The molecular formula is C21H21N5O2. The molecule has 1 fully saturated rings.